The maximum absolute atomic E-state index is 14.4. The van der Waals surface area contributed by atoms with Crippen molar-refractivity contribution < 1.29 is 27.1 Å². The minimum atomic E-state index is -3.96. The van der Waals surface area contributed by atoms with Crippen LogP contribution in [-0.2, 0) is 23.1 Å². The van der Waals surface area contributed by atoms with Gasteiger partial charge in [0.25, 0.3) is 5.91 Å². The van der Waals surface area contributed by atoms with Crippen molar-refractivity contribution in [1.29, 1.82) is 0 Å². The second-order valence-electron chi connectivity index (χ2n) is 7.50. The predicted octanol–water partition coefficient (Wildman–Crippen LogP) is 5.05. The van der Waals surface area contributed by atoms with Crippen molar-refractivity contribution in [2.75, 3.05) is 24.8 Å². The first-order chi connectivity index (χ1) is 16.5. The van der Waals surface area contributed by atoms with Gasteiger partial charge in [-0.3, -0.25) is 9.10 Å². The first-order valence-corrected chi connectivity index (χ1v) is 12.8. The average Bonchev–Trinajstić information content (AvgIpc) is 2.81. The molecule has 0 heterocycles. The summed E-state index contributed by atoms with van der Waals surface area (Å²) in [5.74, 6) is -0.772. The monoisotopic (exact) mass is 540 g/mol. The van der Waals surface area contributed by atoms with Gasteiger partial charge >= 0.3 is 0 Å². The van der Waals surface area contributed by atoms with E-state index in [4.69, 9.17) is 32.7 Å². The summed E-state index contributed by atoms with van der Waals surface area (Å²) in [6.07, 6.45) is 0.972. The number of carbonyl (C=O) groups excluding carboxylic acids is 1. The number of ether oxygens (including phenoxy) is 2. The van der Waals surface area contributed by atoms with Gasteiger partial charge in [0, 0.05) is 28.2 Å². The zero-order valence-electron chi connectivity index (χ0n) is 19.1. The van der Waals surface area contributed by atoms with Crippen LogP contribution >= 0.6 is 23.2 Å². The van der Waals surface area contributed by atoms with Gasteiger partial charge in [-0.15, -0.1) is 0 Å². The van der Waals surface area contributed by atoms with E-state index in [1.165, 1.54) is 44.6 Å². The van der Waals surface area contributed by atoms with Gasteiger partial charge in [-0.1, -0.05) is 47.5 Å². The van der Waals surface area contributed by atoms with Crippen molar-refractivity contribution in [3.05, 3.63) is 87.2 Å². The van der Waals surface area contributed by atoms with Crippen molar-refractivity contribution >= 4 is 44.8 Å². The first kappa shape index (κ1) is 26.6. The Morgan fingerprint density at radius 1 is 1.00 bits per heavy atom. The molecule has 186 valence electrons. The van der Waals surface area contributed by atoms with E-state index < -0.39 is 21.7 Å². The molecule has 0 unspecified atom stereocenters. The number of carbonyl (C=O) groups is 1. The largest absolute Gasteiger partial charge is 0.493 e. The summed E-state index contributed by atoms with van der Waals surface area (Å²) in [5.41, 5.74) is 0.715. The minimum absolute atomic E-state index is 0.00638. The third-order valence-corrected chi connectivity index (χ3v) is 6.86. The number of nitrogens with zero attached hydrogens (tertiary/aromatic N) is 1. The zero-order chi connectivity index (χ0) is 25.8. The van der Waals surface area contributed by atoms with E-state index in [-0.39, 0.29) is 41.4 Å². The lowest BCUT2D eigenvalue weighted by Crippen LogP contribution is -2.33. The summed E-state index contributed by atoms with van der Waals surface area (Å²) < 4.78 is 51.6. The Kier molecular flexibility index (Phi) is 8.47. The van der Waals surface area contributed by atoms with Gasteiger partial charge in [0.2, 0.25) is 10.0 Å². The minimum Gasteiger partial charge on any atom is -0.493 e. The standard InChI is InChI=1S/C24H23Cl2FN2O5S/c1-33-22-11-18(24(30)28-13-15-8-9-17(25)10-19(15)26)21(12-23(22)34-2)29(35(3,31)32)14-16-6-4-5-7-20(16)27/h4-12H,13-14H2,1-3H3,(H,28,30). The Morgan fingerprint density at radius 3 is 2.26 bits per heavy atom. The first-order valence-electron chi connectivity index (χ1n) is 10.2. The van der Waals surface area contributed by atoms with Crippen LogP contribution in [-0.4, -0.2) is 34.8 Å². The fraction of sp³-hybridized carbons (Fsp3) is 0.208. The molecule has 0 radical (unpaired) electrons. The molecule has 1 N–H and O–H groups in total. The van der Waals surface area contributed by atoms with E-state index >= 15 is 0 Å². The topological polar surface area (TPSA) is 84.9 Å². The molecular formula is C24H23Cl2FN2O5S. The van der Waals surface area contributed by atoms with Gasteiger partial charge in [0.1, 0.15) is 5.82 Å². The second kappa shape index (κ2) is 11.2. The van der Waals surface area contributed by atoms with Crippen molar-refractivity contribution in [3.8, 4) is 11.5 Å². The van der Waals surface area contributed by atoms with E-state index in [0.29, 0.717) is 15.6 Å². The Morgan fingerprint density at radius 2 is 1.66 bits per heavy atom. The maximum atomic E-state index is 14.4. The summed E-state index contributed by atoms with van der Waals surface area (Å²) in [4.78, 5) is 13.3. The number of hydrogen-bond donors (Lipinski definition) is 1. The number of rotatable bonds is 9. The van der Waals surface area contributed by atoms with Crippen LogP contribution in [0.4, 0.5) is 10.1 Å². The maximum Gasteiger partial charge on any atom is 0.253 e. The van der Waals surface area contributed by atoms with Crippen molar-refractivity contribution in [1.82, 2.24) is 5.32 Å². The molecule has 0 aliphatic carbocycles. The van der Waals surface area contributed by atoms with E-state index in [2.05, 4.69) is 5.32 Å². The highest BCUT2D eigenvalue weighted by atomic mass is 35.5. The molecule has 0 spiro atoms. The number of sulfonamides is 1. The lowest BCUT2D eigenvalue weighted by atomic mass is 10.1. The molecule has 0 aromatic heterocycles. The molecule has 7 nitrogen and oxygen atoms in total. The Balaban J connectivity index is 2.07. The number of methoxy groups -OCH3 is 2. The number of nitrogens with one attached hydrogen (secondary N) is 1. The number of halogens is 3. The van der Waals surface area contributed by atoms with Crippen LogP contribution in [0, 0.1) is 5.82 Å². The average molecular weight is 541 g/mol. The van der Waals surface area contributed by atoms with Gasteiger partial charge < -0.3 is 14.8 Å². The Labute approximate surface area is 213 Å². The number of anilines is 1. The molecule has 1 amide bonds. The molecular weight excluding hydrogens is 518 g/mol. The predicted molar refractivity (Wildman–Crippen MR) is 135 cm³/mol. The highest BCUT2D eigenvalue weighted by Crippen LogP contribution is 2.37. The molecule has 35 heavy (non-hydrogen) atoms. The van der Waals surface area contributed by atoms with Crippen LogP contribution in [0.15, 0.2) is 54.6 Å². The van der Waals surface area contributed by atoms with E-state index in [1.807, 2.05) is 0 Å². The molecule has 3 aromatic rings. The van der Waals surface area contributed by atoms with Crippen LogP contribution in [0.3, 0.4) is 0 Å². The third-order valence-electron chi connectivity index (χ3n) is 5.14. The quantitative estimate of drug-likeness (QED) is 0.410. The highest BCUT2D eigenvalue weighted by Gasteiger charge is 2.27. The molecule has 0 fully saturated rings. The molecule has 3 rings (SSSR count). The molecule has 11 heteroatoms. The van der Waals surface area contributed by atoms with Crippen LogP contribution in [0.2, 0.25) is 10.0 Å². The van der Waals surface area contributed by atoms with Gasteiger partial charge in [-0.25, -0.2) is 12.8 Å². The van der Waals surface area contributed by atoms with Crippen LogP contribution in [0.1, 0.15) is 21.5 Å². The van der Waals surface area contributed by atoms with Gasteiger partial charge in [-0.2, -0.15) is 0 Å². The molecule has 0 saturated carbocycles. The molecule has 0 bridgehead atoms. The Hall–Kier alpha value is -3.01. The lowest BCUT2D eigenvalue weighted by Gasteiger charge is -2.26. The SMILES string of the molecule is COc1cc(C(=O)NCc2ccc(Cl)cc2Cl)c(N(Cc2ccccc2F)S(C)(=O)=O)cc1OC. The van der Waals surface area contributed by atoms with Crippen molar-refractivity contribution in [3.63, 3.8) is 0 Å². The fourth-order valence-electron chi connectivity index (χ4n) is 3.35. The van der Waals surface area contributed by atoms with Crippen LogP contribution in [0.25, 0.3) is 0 Å². The molecule has 0 saturated heterocycles. The number of benzene rings is 3. The third kappa shape index (κ3) is 6.36. The zero-order valence-corrected chi connectivity index (χ0v) is 21.5. The van der Waals surface area contributed by atoms with E-state index in [9.17, 15) is 17.6 Å². The summed E-state index contributed by atoms with van der Waals surface area (Å²) in [5, 5.41) is 3.54. The lowest BCUT2D eigenvalue weighted by molar-refractivity contribution is 0.0951. The molecule has 3 aromatic carbocycles. The Bertz CT molecular complexity index is 1350. The summed E-state index contributed by atoms with van der Waals surface area (Å²) >= 11 is 12.1. The molecule has 0 aliphatic heterocycles. The second-order valence-corrected chi connectivity index (χ2v) is 10.3. The normalized spacial score (nSPS) is 11.1. The van der Waals surface area contributed by atoms with E-state index in [1.54, 1.807) is 24.3 Å². The summed E-state index contributed by atoms with van der Waals surface area (Å²) in [7, 11) is -1.19. The van der Waals surface area contributed by atoms with Gasteiger partial charge in [-0.05, 0) is 29.8 Å². The van der Waals surface area contributed by atoms with Gasteiger partial charge in [0.15, 0.2) is 11.5 Å². The summed E-state index contributed by atoms with van der Waals surface area (Å²) in [6.45, 7) is -0.293. The number of hydrogen-bond acceptors (Lipinski definition) is 5. The number of amides is 1. The van der Waals surface area contributed by atoms with Gasteiger partial charge in [0.05, 0.1) is 38.3 Å². The van der Waals surface area contributed by atoms with Crippen molar-refractivity contribution in [2.24, 2.45) is 0 Å². The van der Waals surface area contributed by atoms with Crippen LogP contribution < -0.4 is 19.1 Å². The molecule has 0 atom stereocenters. The highest BCUT2D eigenvalue weighted by molar-refractivity contribution is 7.92. The summed E-state index contributed by atoms with van der Waals surface area (Å²) in [6, 6.07) is 13.4. The van der Waals surface area contributed by atoms with Crippen molar-refractivity contribution in [2.45, 2.75) is 13.1 Å². The smallest absolute Gasteiger partial charge is 0.253 e. The fourth-order valence-corrected chi connectivity index (χ4v) is 4.71. The van der Waals surface area contributed by atoms with Crippen LogP contribution in [0.5, 0.6) is 11.5 Å². The molecule has 0 aliphatic rings. The van der Waals surface area contributed by atoms with E-state index in [0.717, 1.165) is 10.6 Å².